The molecule has 1 aromatic rings. The van der Waals surface area contributed by atoms with Crippen LogP contribution in [0.4, 0.5) is 0 Å². The van der Waals surface area contributed by atoms with Crippen molar-refractivity contribution in [1.82, 2.24) is 4.90 Å². The van der Waals surface area contributed by atoms with Gasteiger partial charge in [0.2, 0.25) is 5.91 Å². The average Bonchev–Trinajstić information content (AvgIpc) is 3.20. The Morgan fingerprint density at radius 3 is 2.30 bits per heavy atom. The van der Waals surface area contributed by atoms with Gasteiger partial charge in [0.15, 0.2) is 0 Å². The van der Waals surface area contributed by atoms with Gasteiger partial charge in [-0.15, -0.1) is 0 Å². The lowest BCUT2D eigenvalue weighted by atomic mass is 9.93. The number of likely N-dealkylation sites (N-methyl/N-ethyl adjacent to an activating group) is 1. The van der Waals surface area contributed by atoms with Gasteiger partial charge in [-0.05, 0) is 37.0 Å². The van der Waals surface area contributed by atoms with Gasteiger partial charge < -0.3 is 10.0 Å². The smallest absolute Gasteiger partial charge is 0.326 e. The number of hydrogen-bond donors (Lipinski definition) is 1. The van der Waals surface area contributed by atoms with Gasteiger partial charge in [-0.3, -0.25) is 4.79 Å². The summed E-state index contributed by atoms with van der Waals surface area (Å²) >= 11 is 3.38. The number of carboxylic acids is 1. The molecule has 4 nitrogen and oxygen atoms in total. The zero-order valence-corrected chi connectivity index (χ0v) is 13.2. The lowest BCUT2D eigenvalue weighted by Gasteiger charge is -2.28. The summed E-state index contributed by atoms with van der Waals surface area (Å²) in [6, 6.07) is 6.94. The van der Waals surface area contributed by atoms with Gasteiger partial charge in [-0.1, -0.05) is 35.0 Å². The molecule has 1 aliphatic carbocycles. The van der Waals surface area contributed by atoms with E-state index in [0.29, 0.717) is 6.42 Å². The maximum absolute atomic E-state index is 12.7. The highest BCUT2D eigenvalue weighted by atomic mass is 79.9. The fraction of sp³-hybridized carbons (Fsp3) is 0.467. The fourth-order valence-electron chi connectivity index (χ4n) is 2.61. The number of carboxylic acid groups (broad SMARTS) is 1. The van der Waals surface area contributed by atoms with E-state index in [-0.39, 0.29) is 5.91 Å². The quantitative estimate of drug-likeness (QED) is 0.897. The van der Waals surface area contributed by atoms with Crippen molar-refractivity contribution in [2.45, 2.75) is 37.6 Å². The molecule has 108 valence electrons. The summed E-state index contributed by atoms with van der Waals surface area (Å²) in [7, 11) is 1.59. The molecule has 0 spiro atoms. The Balaban J connectivity index is 2.24. The van der Waals surface area contributed by atoms with E-state index in [4.69, 9.17) is 0 Å². The molecule has 0 radical (unpaired) electrons. The molecule has 0 saturated heterocycles. The monoisotopic (exact) mass is 339 g/mol. The zero-order valence-electron chi connectivity index (χ0n) is 11.6. The van der Waals surface area contributed by atoms with Crippen LogP contribution in [0.2, 0.25) is 0 Å². The Bertz CT molecular complexity index is 522. The van der Waals surface area contributed by atoms with Gasteiger partial charge in [-0.2, -0.15) is 0 Å². The molecule has 2 rings (SSSR count). The highest BCUT2D eigenvalue weighted by Crippen LogP contribution is 2.49. The zero-order chi connectivity index (χ0) is 14.9. The number of amides is 1. The molecular formula is C15H18BrNO3. The van der Waals surface area contributed by atoms with E-state index in [1.165, 1.54) is 4.90 Å². The summed E-state index contributed by atoms with van der Waals surface area (Å²) < 4.78 is 0.967. The Hall–Kier alpha value is -1.36. The minimum absolute atomic E-state index is 0.0888. The van der Waals surface area contributed by atoms with Crippen LogP contribution in [0.5, 0.6) is 0 Å². The number of aliphatic carboxylic acids is 1. The summed E-state index contributed by atoms with van der Waals surface area (Å²) in [6.45, 7) is 1.78. The minimum atomic E-state index is -0.949. The number of rotatable bonds is 5. The van der Waals surface area contributed by atoms with Crippen LogP contribution in [0.15, 0.2) is 28.7 Å². The van der Waals surface area contributed by atoms with Crippen molar-refractivity contribution in [2.24, 2.45) is 0 Å². The molecule has 1 saturated carbocycles. The second-order valence-electron chi connectivity index (χ2n) is 5.27. The topological polar surface area (TPSA) is 57.6 Å². The van der Waals surface area contributed by atoms with Gasteiger partial charge >= 0.3 is 5.97 Å². The van der Waals surface area contributed by atoms with E-state index in [9.17, 15) is 14.7 Å². The molecule has 1 aliphatic rings. The molecule has 0 aromatic heterocycles. The number of hydrogen-bond acceptors (Lipinski definition) is 2. The van der Waals surface area contributed by atoms with Crippen LogP contribution in [0, 0.1) is 0 Å². The van der Waals surface area contributed by atoms with Crippen molar-refractivity contribution < 1.29 is 14.7 Å². The third kappa shape index (κ3) is 2.59. The molecule has 0 aliphatic heterocycles. The number of halogens is 1. The molecule has 0 heterocycles. The first-order valence-corrected chi connectivity index (χ1v) is 7.48. The van der Waals surface area contributed by atoms with Gasteiger partial charge in [0, 0.05) is 11.5 Å². The van der Waals surface area contributed by atoms with E-state index in [2.05, 4.69) is 15.9 Å². The molecule has 1 unspecified atom stereocenters. The molecule has 1 atom stereocenters. The number of carbonyl (C=O) groups excluding carboxylic acids is 1. The van der Waals surface area contributed by atoms with Gasteiger partial charge in [0.05, 0.1) is 5.41 Å². The maximum atomic E-state index is 12.7. The standard InChI is InChI=1S/C15H18BrNO3/c1-3-12(13(18)19)17(2)14(20)15(8-9-15)10-4-6-11(16)7-5-10/h4-7,12H,3,8-9H2,1-2H3,(H,18,19). The molecular weight excluding hydrogens is 322 g/mol. The Kier molecular flexibility index (Phi) is 4.18. The molecule has 1 N–H and O–H groups in total. The fourth-order valence-corrected chi connectivity index (χ4v) is 2.88. The Labute approximate surface area is 126 Å². The molecule has 1 aromatic carbocycles. The molecule has 1 amide bonds. The Morgan fingerprint density at radius 2 is 1.90 bits per heavy atom. The van der Waals surface area contributed by atoms with E-state index in [1.54, 1.807) is 14.0 Å². The normalized spacial score (nSPS) is 17.4. The average molecular weight is 340 g/mol. The maximum Gasteiger partial charge on any atom is 0.326 e. The van der Waals surface area contributed by atoms with Crippen molar-refractivity contribution in [3.05, 3.63) is 34.3 Å². The molecule has 1 fully saturated rings. The summed E-state index contributed by atoms with van der Waals surface area (Å²) in [5, 5.41) is 9.19. The largest absolute Gasteiger partial charge is 0.480 e. The van der Waals surface area contributed by atoms with E-state index in [1.807, 2.05) is 24.3 Å². The van der Waals surface area contributed by atoms with Crippen molar-refractivity contribution in [1.29, 1.82) is 0 Å². The first-order chi connectivity index (χ1) is 9.42. The number of benzene rings is 1. The highest BCUT2D eigenvalue weighted by molar-refractivity contribution is 9.10. The highest BCUT2D eigenvalue weighted by Gasteiger charge is 2.53. The van der Waals surface area contributed by atoms with Crippen LogP contribution in [0.3, 0.4) is 0 Å². The molecule has 20 heavy (non-hydrogen) atoms. The van der Waals surface area contributed by atoms with Gasteiger partial charge in [0.25, 0.3) is 0 Å². The molecule has 0 bridgehead atoms. The summed E-state index contributed by atoms with van der Waals surface area (Å²) in [4.78, 5) is 25.3. The second-order valence-corrected chi connectivity index (χ2v) is 6.18. The second kappa shape index (κ2) is 5.56. The van der Waals surface area contributed by atoms with Gasteiger partial charge in [0.1, 0.15) is 6.04 Å². The van der Waals surface area contributed by atoms with E-state index in [0.717, 1.165) is 22.9 Å². The predicted octanol–water partition coefficient (Wildman–Crippen LogP) is 2.80. The lowest BCUT2D eigenvalue weighted by molar-refractivity contribution is -0.150. The SMILES string of the molecule is CCC(C(=O)O)N(C)C(=O)C1(c2ccc(Br)cc2)CC1. The first kappa shape index (κ1) is 15.0. The molecule has 5 heteroatoms. The van der Waals surface area contributed by atoms with E-state index < -0.39 is 17.4 Å². The van der Waals surface area contributed by atoms with Gasteiger partial charge in [-0.25, -0.2) is 4.79 Å². The van der Waals surface area contributed by atoms with Crippen molar-refractivity contribution >= 4 is 27.8 Å². The number of carbonyl (C=O) groups is 2. The third-order valence-corrected chi connectivity index (χ3v) is 4.54. The van der Waals surface area contributed by atoms with Crippen molar-refractivity contribution in [3.8, 4) is 0 Å². The predicted molar refractivity (Wildman–Crippen MR) is 79.5 cm³/mol. The van der Waals surface area contributed by atoms with Crippen LogP contribution < -0.4 is 0 Å². The summed E-state index contributed by atoms with van der Waals surface area (Å²) in [6.07, 6.45) is 1.98. The third-order valence-electron chi connectivity index (χ3n) is 4.02. The van der Waals surface area contributed by atoms with Crippen LogP contribution in [-0.2, 0) is 15.0 Å². The van der Waals surface area contributed by atoms with Crippen molar-refractivity contribution in [2.75, 3.05) is 7.05 Å². The summed E-state index contributed by atoms with van der Waals surface area (Å²) in [5.74, 6) is -1.04. The van der Waals surface area contributed by atoms with Crippen LogP contribution in [0.25, 0.3) is 0 Å². The van der Waals surface area contributed by atoms with Crippen LogP contribution in [-0.4, -0.2) is 35.0 Å². The Morgan fingerprint density at radius 1 is 1.35 bits per heavy atom. The van der Waals surface area contributed by atoms with Crippen molar-refractivity contribution in [3.63, 3.8) is 0 Å². The van der Waals surface area contributed by atoms with Crippen LogP contribution >= 0.6 is 15.9 Å². The van der Waals surface area contributed by atoms with Crippen LogP contribution in [0.1, 0.15) is 31.7 Å². The summed E-state index contributed by atoms with van der Waals surface area (Å²) in [5.41, 5.74) is 0.455. The minimum Gasteiger partial charge on any atom is -0.480 e. The first-order valence-electron chi connectivity index (χ1n) is 6.68. The number of nitrogens with zero attached hydrogens (tertiary/aromatic N) is 1. The lowest BCUT2D eigenvalue weighted by Crippen LogP contribution is -2.46. The van der Waals surface area contributed by atoms with E-state index >= 15 is 0 Å².